The Morgan fingerprint density at radius 1 is 1.20 bits per heavy atom. The van der Waals surface area contributed by atoms with Gasteiger partial charge in [-0.15, -0.1) is 0 Å². The van der Waals surface area contributed by atoms with Gasteiger partial charge in [0.15, 0.2) is 0 Å². The third-order valence-corrected chi connectivity index (χ3v) is 4.28. The third kappa shape index (κ3) is 3.14. The lowest BCUT2D eigenvalue weighted by Gasteiger charge is -2.29. The highest BCUT2D eigenvalue weighted by molar-refractivity contribution is 5.92. The second-order valence-electron chi connectivity index (χ2n) is 5.91. The number of aromatic amines is 1. The topological polar surface area (TPSA) is 90.5 Å². The fourth-order valence-corrected chi connectivity index (χ4v) is 2.99. The molecule has 128 valence electrons. The van der Waals surface area contributed by atoms with Crippen LogP contribution >= 0.6 is 0 Å². The Kier molecular flexibility index (Phi) is 3.99. The lowest BCUT2D eigenvalue weighted by Crippen LogP contribution is -2.43. The van der Waals surface area contributed by atoms with Crippen molar-refractivity contribution >= 4 is 22.7 Å². The number of carbonyl (C=O) groups is 1. The highest BCUT2D eigenvalue weighted by Gasteiger charge is 2.17. The summed E-state index contributed by atoms with van der Waals surface area (Å²) >= 11 is 0. The van der Waals surface area contributed by atoms with Crippen molar-refractivity contribution in [3.63, 3.8) is 0 Å². The molecule has 0 unspecified atom stereocenters. The number of aromatic carboxylic acids is 1. The van der Waals surface area contributed by atoms with Crippen molar-refractivity contribution in [1.29, 1.82) is 0 Å². The van der Waals surface area contributed by atoms with Crippen LogP contribution in [0.25, 0.3) is 11.0 Å². The molecule has 3 heterocycles. The minimum Gasteiger partial charge on any atom is -0.478 e. The summed E-state index contributed by atoms with van der Waals surface area (Å²) in [5, 5.41) is 13.7. The number of nitrogens with one attached hydrogen (secondary N) is 2. The molecule has 0 saturated carbocycles. The van der Waals surface area contributed by atoms with Crippen LogP contribution in [-0.4, -0.2) is 47.2 Å². The standard InChI is InChI=1S/C18H18N4O3/c23-18(24)15-2-1-13(22-7-5-19-6-8-22)10-16(15)25-14-9-12-3-4-20-17(12)21-11-14/h1-4,9-11,19H,5-8H2,(H,20,21)(H,23,24). The Hall–Kier alpha value is -3.06. The molecule has 0 spiro atoms. The molecule has 0 bridgehead atoms. The number of nitrogens with zero attached hydrogens (tertiary/aromatic N) is 2. The number of benzene rings is 1. The summed E-state index contributed by atoms with van der Waals surface area (Å²) < 4.78 is 5.88. The van der Waals surface area contributed by atoms with E-state index in [1.54, 1.807) is 24.5 Å². The smallest absolute Gasteiger partial charge is 0.339 e. The molecule has 7 nitrogen and oxygen atoms in total. The lowest BCUT2D eigenvalue weighted by atomic mass is 10.1. The molecule has 0 atom stereocenters. The average molecular weight is 338 g/mol. The van der Waals surface area contributed by atoms with Crippen molar-refractivity contribution in [1.82, 2.24) is 15.3 Å². The van der Waals surface area contributed by atoms with Gasteiger partial charge in [-0.25, -0.2) is 9.78 Å². The molecule has 1 fully saturated rings. The minimum atomic E-state index is -1.02. The predicted octanol–water partition coefficient (Wildman–Crippen LogP) is 2.46. The molecule has 1 aliphatic rings. The summed E-state index contributed by atoms with van der Waals surface area (Å²) in [7, 11) is 0. The number of H-pyrrole nitrogens is 1. The van der Waals surface area contributed by atoms with Crippen LogP contribution in [0, 0.1) is 0 Å². The van der Waals surface area contributed by atoms with Crippen LogP contribution < -0.4 is 15.0 Å². The van der Waals surface area contributed by atoms with E-state index in [0.29, 0.717) is 11.5 Å². The molecule has 2 aromatic heterocycles. The molecule has 3 aromatic rings. The zero-order chi connectivity index (χ0) is 17.2. The highest BCUT2D eigenvalue weighted by Crippen LogP contribution is 2.31. The van der Waals surface area contributed by atoms with Crippen LogP contribution in [-0.2, 0) is 0 Å². The Morgan fingerprint density at radius 3 is 2.84 bits per heavy atom. The number of piperazine rings is 1. The van der Waals surface area contributed by atoms with E-state index in [9.17, 15) is 9.90 Å². The second-order valence-corrected chi connectivity index (χ2v) is 5.91. The van der Waals surface area contributed by atoms with Crippen LogP contribution in [0.2, 0.25) is 0 Å². The Bertz CT molecular complexity index is 916. The average Bonchev–Trinajstić information content (AvgIpc) is 3.10. The number of carboxylic acid groups (broad SMARTS) is 1. The number of hydrogen-bond donors (Lipinski definition) is 3. The van der Waals surface area contributed by atoms with Crippen molar-refractivity contribution in [2.45, 2.75) is 0 Å². The molecule has 0 aliphatic carbocycles. The van der Waals surface area contributed by atoms with Crippen LogP contribution in [0.1, 0.15) is 10.4 Å². The lowest BCUT2D eigenvalue weighted by molar-refractivity contribution is 0.0694. The van der Waals surface area contributed by atoms with Gasteiger partial charge in [-0.1, -0.05) is 0 Å². The van der Waals surface area contributed by atoms with E-state index in [2.05, 4.69) is 20.2 Å². The summed E-state index contributed by atoms with van der Waals surface area (Å²) in [6, 6.07) is 8.94. The zero-order valence-electron chi connectivity index (χ0n) is 13.5. The fraction of sp³-hybridized carbons (Fsp3) is 0.222. The van der Waals surface area contributed by atoms with Gasteiger partial charge in [-0.2, -0.15) is 0 Å². The fourth-order valence-electron chi connectivity index (χ4n) is 2.99. The maximum atomic E-state index is 11.5. The number of hydrogen-bond acceptors (Lipinski definition) is 5. The van der Waals surface area contributed by atoms with Gasteiger partial charge in [-0.05, 0) is 24.3 Å². The van der Waals surface area contributed by atoms with Gasteiger partial charge in [-0.3, -0.25) is 0 Å². The molecule has 0 radical (unpaired) electrons. The van der Waals surface area contributed by atoms with Crippen molar-refractivity contribution in [2.75, 3.05) is 31.1 Å². The number of rotatable bonds is 4. The van der Waals surface area contributed by atoms with E-state index >= 15 is 0 Å². The molecule has 1 aliphatic heterocycles. The third-order valence-electron chi connectivity index (χ3n) is 4.28. The first kappa shape index (κ1) is 15.5. The van der Waals surface area contributed by atoms with Crippen molar-refractivity contribution < 1.29 is 14.6 Å². The SMILES string of the molecule is O=C(O)c1ccc(N2CCNCC2)cc1Oc1cnc2[nH]ccc2c1. The van der Waals surface area contributed by atoms with Gasteiger partial charge in [0.25, 0.3) is 0 Å². The van der Waals surface area contributed by atoms with Crippen LogP contribution in [0.3, 0.4) is 0 Å². The zero-order valence-corrected chi connectivity index (χ0v) is 13.5. The largest absolute Gasteiger partial charge is 0.478 e. The van der Waals surface area contributed by atoms with E-state index in [4.69, 9.17) is 4.74 Å². The molecule has 7 heteroatoms. The number of aromatic nitrogens is 2. The quantitative estimate of drug-likeness (QED) is 0.677. The van der Waals surface area contributed by atoms with E-state index < -0.39 is 5.97 Å². The maximum Gasteiger partial charge on any atom is 0.339 e. The highest BCUT2D eigenvalue weighted by atomic mass is 16.5. The van der Waals surface area contributed by atoms with Crippen molar-refractivity contribution in [3.8, 4) is 11.5 Å². The van der Waals surface area contributed by atoms with Crippen molar-refractivity contribution in [2.24, 2.45) is 0 Å². The second kappa shape index (κ2) is 6.45. The predicted molar refractivity (Wildman–Crippen MR) is 94.7 cm³/mol. The first-order chi connectivity index (χ1) is 12.2. The monoisotopic (exact) mass is 338 g/mol. The van der Waals surface area contributed by atoms with Gasteiger partial charge in [0.05, 0.1) is 6.20 Å². The van der Waals surface area contributed by atoms with Crippen molar-refractivity contribution in [3.05, 3.63) is 48.3 Å². The first-order valence-electron chi connectivity index (χ1n) is 8.15. The van der Waals surface area contributed by atoms with Gasteiger partial charge < -0.3 is 25.0 Å². The molecule has 25 heavy (non-hydrogen) atoms. The Balaban J connectivity index is 1.68. The Morgan fingerprint density at radius 2 is 2.04 bits per heavy atom. The number of pyridine rings is 1. The maximum absolute atomic E-state index is 11.5. The van der Waals surface area contributed by atoms with E-state index in [0.717, 1.165) is 42.9 Å². The molecular formula is C18H18N4O3. The molecule has 4 rings (SSSR count). The summed E-state index contributed by atoms with van der Waals surface area (Å²) in [6.45, 7) is 3.57. The summed E-state index contributed by atoms with van der Waals surface area (Å²) in [5.74, 6) is -0.190. The minimum absolute atomic E-state index is 0.132. The van der Waals surface area contributed by atoms with Crippen LogP contribution in [0.15, 0.2) is 42.7 Å². The normalized spacial score (nSPS) is 14.6. The van der Waals surface area contributed by atoms with Crippen LogP contribution in [0.5, 0.6) is 11.5 Å². The van der Waals surface area contributed by atoms with Gasteiger partial charge in [0.1, 0.15) is 22.7 Å². The number of anilines is 1. The van der Waals surface area contributed by atoms with E-state index in [1.165, 1.54) is 0 Å². The summed E-state index contributed by atoms with van der Waals surface area (Å²) in [6.07, 6.45) is 3.39. The van der Waals surface area contributed by atoms with Gasteiger partial charge in [0, 0.05) is 49.5 Å². The first-order valence-corrected chi connectivity index (χ1v) is 8.15. The van der Waals surface area contributed by atoms with E-state index in [1.807, 2.05) is 18.2 Å². The number of ether oxygens (including phenoxy) is 1. The number of carboxylic acids is 1. The van der Waals surface area contributed by atoms with Gasteiger partial charge >= 0.3 is 5.97 Å². The summed E-state index contributed by atoms with van der Waals surface area (Å²) in [4.78, 5) is 21.1. The van der Waals surface area contributed by atoms with Gasteiger partial charge in [0.2, 0.25) is 0 Å². The Labute approximate surface area is 144 Å². The molecule has 0 amide bonds. The molecule has 1 aromatic carbocycles. The van der Waals surface area contributed by atoms with Crippen LogP contribution in [0.4, 0.5) is 5.69 Å². The molecule has 3 N–H and O–H groups in total. The summed E-state index contributed by atoms with van der Waals surface area (Å²) in [5.41, 5.74) is 1.85. The van der Waals surface area contributed by atoms with E-state index in [-0.39, 0.29) is 5.56 Å². The molecule has 1 saturated heterocycles. The molecular weight excluding hydrogens is 320 g/mol. The number of fused-ring (bicyclic) bond motifs is 1.